The highest BCUT2D eigenvalue weighted by molar-refractivity contribution is 5.22. The number of fused-ring (bicyclic) bond motifs is 1. The van der Waals surface area contributed by atoms with E-state index in [9.17, 15) is 4.79 Å². The van der Waals surface area contributed by atoms with Crippen LogP contribution in [0.15, 0.2) is 10.9 Å². The summed E-state index contributed by atoms with van der Waals surface area (Å²) in [5.74, 6) is 0. The number of ether oxygens (including phenoxy) is 1. The minimum atomic E-state index is 0.0335. The lowest BCUT2D eigenvalue weighted by Crippen LogP contribution is -2.28. The predicted molar refractivity (Wildman–Crippen MR) is 55.0 cm³/mol. The quantitative estimate of drug-likeness (QED) is 0.679. The van der Waals surface area contributed by atoms with Crippen LogP contribution in [0.25, 0.3) is 0 Å². The summed E-state index contributed by atoms with van der Waals surface area (Å²) in [6.45, 7) is 1.38. The van der Waals surface area contributed by atoms with Crippen LogP contribution in [-0.4, -0.2) is 23.0 Å². The van der Waals surface area contributed by atoms with E-state index in [0.29, 0.717) is 6.61 Å². The first kappa shape index (κ1) is 9.09. The molecule has 15 heavy (non-hydrogen) atoms. The Bertz CT molecular complexity index is 433. The van der Waals surface area contributed by atoms with Crippen molar-refractivity contribution < 1.29 is 4.74 Å². The lowest BCUT2D eigenvalue weighted by atomic mass is 10.2. The van der Waals surface area contributed by atoms with Gasteiger partial charge < -0.3 is 4.74 Å². The summed E-state index contributed by atoms with van der Waals surface area (Å²) in [7, 11) is 0. The number of hydrogen-bond acceptors (Lipinski definition) is 3. The Morgan fingerprint density at radius 2 is 2.40 bits per heavy atom. The molecule has 4 heteroatoms. The zero-order chi connectivity index (χ0) is 10.3. The van der Waals surface area contributed by atoms with Crippen LogP contribution in [0.3, 0.4) is 0 Å². The van der Waals surface area contributed by atoms with Crippen LogP contribution in [0, 0.1) is 0 Å². The molecule has 2 heterocycles. The molecule has 0 N–H and O–H groups in total. The van der Waals surface area contributed by atoms with E-state index in [4.69, 9.17) is 4.74 Å². The van der Waals surface area contributed by atoms with Gasteiger partial charge in [0, 0.05) is 12.7 Å². The molecule has 1 aliphatic carbocycles. The molecule has 0 aromatic carbocycles. The summed E-state index contributed by atoms with van der Waals surface area (Å²) in [5.41, 5.74) is 2.29. The van der Waals surface area contributed by atoms with E-state index in [1.165, 1.54) is 0 Å². The van der Waals surface area contributed by atoms with Crippen molar-refractivity contribution in [1.29, 1.82) is 0 Å². The molecule has 80 valence electrons. The van der Waals surface area contributed by atoms with Crippen LogP contribution >= 0.6 is 0 Å². The number of aryl methyl sites for hydroxylation is 2. The average molecular weight is 206 g/mol. The molecule has 0 amide bonds. The monoisotopic (exact) mass is 206 g/mol. The van der Waals surface area contributed by atoms with Gasteiger partial charge in [-0.05, 0) is 31.2 Å². The molecule has 1 aliphatic heterocycles. The average Bonchev–Trinajstić information content (AvgIpc) is 2.85. The normalized spacial score (nSPS) is 24.4. The third-order valence-corrected chi connectivity index (χ3v) is 3.23. The van der Waals surface area contributed by atoms with Gasteiger partial charge in [0.05, 0.1) is 18.3 Å². The number of hydrogen-bond donors (Lipinski definition) is 0. The fourth-order valence-corrected chi connectivity index (χ4v) is 2.39. The summed E-state index contributed by atoms with van der Waals surface area (Å²) < 4.78 is 6.91. The maximum absolute atomic E-state index is 11.8. The highest BCUT2D eigenvalue weighted by Gasteiger charge is 2.22. The Balaban J connectivity index is 2.04. The summed E-state index contributed by atoms with van der Waals surface area (Å²) >= 11 is 0. The van der Waals surface area contributed by atoms with Crippen molar-refractivity contribution in [3.63, 3.8) is 0 Å². The van der Waals surface area contributed by atoms with Crippen LogP contribution in [0.1, 0.15) is 30.1 Å². The van der Waals surface area contributed by atoms with Crippen LogP contribution in [0.4, 0.5) is 0 Å². The van der Waals surface area contributed by atoms with E-state index >= 15 is 0 Å². The van der Waals surface area contributed by atoms with Crippen molar-refractivity contribution in [3.8, 4) is 0 Å². The van der Waals surface area contributed by atoms with Crippen molar-refractivity contribution in [2.75, 3.05) is 13.2 Å². The molecule has 1 atom stereocenters. The van der Waals surface area contributed by atoms with Gasteiger partial charge in [0.25, 0.3) is 5.56 Å². The van der Waals surface area contributed by atoms with Gasteiger partial charge in [-0.3, -0.25) is 4.79 Å². The summed E-state index contributed by atoms with van der Waals surface area (Å²) in [6.07, 6.45) is 4.07. The van der Waals surface area contributed by atoms with Gasteiger partial charge in [-0.15, -0.1) is 0 Å². The zero-order valence-corrected chi connectivity index (χ0v) is 8.61. The summed E-state index contributed by atoms with van der Waals surface area (Å²) in [5, 5.41) is 4.46. The topological polar surface area (TPSA) is 44.1 Å². The molecule has 2 aliphatic rings. The number of aromatic nitrogens is 2. The molecule has 1 unspecified atom stereocenters. The molecule has 3 rings (SSSR count). The fraction of sp³-hybridized carbons (Fsp3) is 0.636. The SMILES string of the molecule is O=c1cc2c(nn1C1CCOC1)CCC2. The first-order chi connectivity index (χ1) is 7.34. The third-order valence-electron chi connectivity index (χ3n) is 3.23. The van der Waals surface area contributed by atoms with Crippen molar-refractivity contribution in [1.82, 2.24) is 9.78 Å². The molecule has 0 spiro atoms. The summed E-state index contributed by atoms with van der Waals surface area (Å²) in [4.78, 5) is 11.8. The first-order valence-corrected chi connectivity index (χ1v) is 5.54. The van der Waals surface area contributed by atoms with Crippen LogP contribution in [0.2, 0.25) is 0 Å². The van der Waals surface area contributed by atoms with E-state index < -0.39 is 0 Å². The highest BCUT2D eigenvalue weighted by atomic mass is 16.5. The third kappa shape index (κ3) is 1.49. The van der Waals surface area contributed by atoms with Crippen LogP contribution in [-0.2, 0) is 17.6 Å². The predicted octanol–water partition coefficient (Wildman–Crippen LogP) is 0.693. The second-order valence-corrected chi connectivity index (χ2v) is 4.27. The molecule has 1 saturated heterocycles. The molecule has 1 aromatic heterocycles. The van der Waals surface area contributed by atoms with Gasteiger partial charge in [0.2, 0.25) is 0 Å². The number of nitrogens with zero attached hydrogens (tertiary/aromatic N) is 2. The maximum Gasteiger partial charge on any atom is 0.267 e. The Morgan fingerprint density at radius 3 is 3.20 bits per heavy atom. The van der Waals surface area contributed by atoms with E-state index in [1.54, 1.807) is 10.7 Å². The van der Waals surface area contributed by atoms with E-state index in [2.05, 4.69) is 5.10 Å². The second-order valence-electron chi connectivity index (χ2n) is 4.27. The summed E-state index contributed by atoms with van der Waals surface area (Å²) in [6, 6.07) is 1.91. The fourth-order valence-electron chi connectivity index (χ4n) is 2.39. The number of rotatable bonds is 1. The Morgan fingerprint density at radius 1 is 1.47 bits per heavy atom. The molecule has 0 radical (unpaired) electrons. The van der Waals surface area contributed by atoms with Gasteiger partial charge in [0.1, 0.15) is 0 Å². The van der Waals surface area contributed by atoms with Gasteiger partial charge >= 0.3 is 0 Å². The van der Waals surface area contributed by atoms with Crippen molar-refractivity contribution in [2.24, 2.45) is 0 Å². The molecular weight excluding hydrogens is 192 g/mol. The highest BCUT2D eigenvalue weighted by Crippen LogP contribution is 2.20. The van der Waals surface area contributed by atoms with E-state index in [1.807, 2.05) is 0 Å². The smallest absolute Gasteiger partial charge is 0.267 e. The molecule has 4 nitrogen and oxygen atoms in total. The molecular formula is C11H14N2O2. The standard InChI is InChI=1S/C11H14N2O2/c14-11-6-8-2-1-3-10(8)12-13(11)9-4-5-15-7-9/h6,9H,1-5,7H2. The van der Waals surface area contributed by atoms with Crippen LogP contribution < -0.4 is 5.56 Å². The second kappa shape index (κ2) is 3.45. The van der Waals surface area contributed by atoms with Crippen molar-refractivity contribution in [3.05, 3.63) is 27.7 Å². The zero-order valence-electron chi connectivity index (χ0n) is 8.61. The Kier molecular flexibility index (Phi) is 2.09. The minimum absolute atomic E-state index is 0.0335. The molecule has 1 aromatic rings. The lowest BCUT2D eigenvalue weighted by molar-refractivity contribution is 0.183. The van der Waals surface area contributed by atoms with Crippen LogP contribution in [0.5, 0.6) is 0 Å². The van der Waals surface area contributed by atoms with Gasteiger partial charge in [0.15, 0.2) is 0 Å². The maximum atomic E-state index is 11.8. The Hall–Kier alpha value is -1.16. The van der Waals surface area contributed by atoms with Crippen molar-refractivity contribution >= 4 is 0 Å². The van der Waals surface area contributed by atoms with Gasteiger partial charge in [-0.25, -0.2) is 4.68 Å². The molecule has 0 bridgehead atoms. The Labute approximate surface area is 87.9 Å². The lowest BCUT2D eigenvalue weighted by Gasteiger charge is -2.11. The molecule has 1 fully saturated rings. The van der Waals surface area contributed by atoms with Crippen molar-refractivity contribution in [2.45, 2.75) is 31.7 Å². The van der Waals surface area contributed by atoms with Gasteiger partial charge in [-0.1, -0.05) is 0 Å². The first-order valence-electron chi connectivity index (χ1n) is 5.54. The van der Waals surface area contributed by atoms with E-state index in [0.717, 1.165) is 43.5 Å². The molecule has 0 saturated carbocycles. The van der Waals surface area contributed by atoms with E-state index in [-0.39, 0.29) is 11.6 Å². The largest absolute Gasteiger partial charge is 0.379 e. The minimum Gasteiger partial charge on any atom is -0.379 e. The van der Waals surface area contributed by atoms with Gasteiger partial charge in [-0.2, -0.15) is 5.10 Å².